The van der Waals surface area contributed by atoms with Crippen molar-refractivity contribution in [1.82, 2.24) is 4.90 Å². The molecule has 21 heavy (non-hydrogen) atoms. The Balaban J connectivity index is 1.78. The normalized spacial score (nSPS) is 24.0. The zero-order valence-corrected chi connectivity index (χ0v) is 14.1. The summed E-state index contributed by atoms with van der Waals surface area (Å²) in [6.07, 6.45) is 3.81. The molecular weight excluding hydrogens is 274 g/mol. The van der Waals surface area contributed by atoms with Gasteiger partial charge in [0.15, 0.2) is 0 Å². The van der Waals surface area contributed by atoms with Crippen LogP contribution in [-0.2, 0) is 5.54 Å². The smallest absolute Gasteiger partial charge is 0.0548 e. The highest BCUT2D eigenvalue weighted by atomic mass is 32.1. The predicted molar refractivity (Wildman–Crippen MR) is 91.9 cm³/mol. The standard InChI is InChI=1S/C19H25NS/c1-4-19(20(2)3,18-11-8-12-21-18)14-16-13-17(16)15-9-6-5-7-10-15/h5-12,16-17H,4,13-14H2,1-3H3. The molecule has 3 unspecified atom stereocenters. The first-order valence-corrected chi connectivity index (χ1v) is 8.81. The van der Waals surface area contributed by atoms with Gasteiger partial charge in [0.25, 0.3) is 0 Å². The molecule has 1 aliphatic carbocycles. The molecule has 0 saturated heterocycles. The van der Waals surface area contributed by atoms with Gasteiger partial charge < -0.3 is 0 Å². The Labute approximate surface area is 132 Å². The van der Waals surface area contributed by atoms with E-state index < -0.39 is 0 Å². The fourth-order valence-corrected chi connectivity index (χ4v) is 4.79. The van der Waals surface area contributed by atoms with Crippen LogP contribution in [0.4, 0.5) is 0 Å². The third-order valence-corrected chi connectivity index (χ3v) is 6.23. The van der Waals surface area contributed by atoms with Crippen LogP contribution in [0, 0.1) is 5.92 Å². The second-order valence-electron chi connectivity index (χ2n) is 6.47. The maximum Gasteiger partial charge on any atom is 0.0548 e. The number of hydrogen-bond donors (Lipinski definition) is 0. The summed E-state index contributed by atoms with van der Waals surface area (Å²) in [6, 6.07) is 15.5. The molecule has 1 heterocycles. The van der Waals surface area contributed by atoms with Crippen LogP contribution in [0.1, 0.15) is 42.5 Å². The van der Waals surface area contributed by atoms with E-state index in [0.29, 0.717) is 0 Å². The van der Waals surface area contributed by atoms with Crippen molar-refractivity contribution < 1.29 is 0 Å². The molecule has 1 aromatic carbocycles. The lowest BCUT2D eigenvalue weighted by molar-refractivity contribution is 0.128. The molecule has 0 bridgehead atoms. The molecule has 1 nitrogen and oxygen atoms in total. The first-order chi connectivity index (χ1) is 10.2. The minimum Gasteiger partial charge on any atom is -0.299 e. The van der Waals surface area contributed by atoms with Crippen molar-refractivity contribution >= 4 is 11.3 Å². The molecule has 0 spiro atoms. The monoisotopic (exact) mass is 299 g/mol. The van der Waals surface area contributed by atoms with Gasteiger partial charge in [-0.1, -0.05) is 43.3 Å². The van der Waals surface area contributed by atoms with Gasteiger partial charge in [-0.3, -0.25) is 4.90 Å². The Morgan fingerprint density at radius 1 is 1.14 bits per heavy atom. The Morgan fingerprint density at radius 2 is 1.90 bits per heavy atom. The first-order valence-electron chi connectivity index (χ1n) is 7.93. The van der Waals surface area contributed by atoms with Gasteiger partial charge in [-0.05, 0) is 62.2 Å². The van der Waals surface area contributed by atoms with Crippen LogP contribution >= 0.6 is 11.3 Å². The summed E-state index contributed by atoms with van der Waals surface area (Å²) in [7, 11) is 4.48. The van der Waals surface area contributed by atoms with Crippen LogP contribution in [0.25, 0.3) is 0 Å². The highest BCUT2D eigenvalue weighted by molar-refractivity contribution is 7.10. The molecular formula is C19H25NS. The molecule has 0 amide bonds. The third kappa shape index (κ3) is 2.79. The van der Waals surface area contributed by atoms with Crippen molar-refractivity contribution in [3.8, 4) is 0 Å². The van der Waals surface area contributed by atoms with E-state index in [4.69, 9.17) is 0 Å². The molecule has 1 fully saturated rings. The van der Waals surface area contributed by atoms with E-state index in [1.807, 2.05) is 11.3 Å². The summed E-state index contributed by atoms with van der Waals surface area (Å²) in [4.78, 5) is 3.97. The second-order valence-corrected chi connectivity index (χ2v) is 7.42. The minimum absolute atomic E-state index is 0.211. The Bertz CT molecular complexity index is 561. The largest absolute Gasteiger partial charge is 0.299 e. The number of benzene rings is 1. The quantitative estimate of drug-likeness (QED) is 0.716. The number of thiophene rings is 1. The molecule has 0 N–H and O–H groups in total. The van der Waals surface area contributed by atoms with Gasteiger partial charge in [-0.2, -0.15) is 0 Å². The van der Waals surface area contributed by atoms with Crippen molar-refractivity contribution in [2.45, 2.75) is 37.6 Å². The van der Waals surface area contributed by atoms with Crippen molar-refractivity contribution in [3.05, 3.63) is 58.3 Å². The van der Waals surface area contributed by atoms with E-state index in [0.717, 1.165) is 11.8 Å². The second kappa shape index (κ2) is 5.94. The van der Waals surface area contributed by atoms with Crippen molar-refractivity contribution in [1.29, 1.82) is 0 Å². The van der Waals surface area contributed by atoms with Gasteiger partial charge in [-0.25, -0.2) is 0 Å². The van der Waals surface area contributed by atoms with Crippen LogP contribution in [0.3, 0.4) is 0 Å². The molecule has 2 aromatic rings. The van der Waals surface area contributed by atoms with Gasteiger partial charge in [0.2, 0.25) is 0 Å². The van der Waals surface area contributed by atoms with E-state index in [1.54, 1.807) is 0 Å². The fourth-order valence-electron chi connectivity index (χ4n) is 3.70. The van der Waals surface area contributed by atoms with Crippen LogP contribution in [-0.4, -0.2) is 19.0 Å². The maximum atomic E-state index is 2.44. The molecule has 0 aliphatic heterocycles. The van der Waals surface area contributed by atoms with Gasteiger partial charge in [0.1, 0.15) is 0 Å². The molecule has 1 saturated carbocycles. The number of hydrogen-bond acceptors (Lipinski definition) is 2. The highest BCUT2D eigenvalue weighted by Crippen LogP contribution is 2.54. The van der Waals surface area contributed by atoms with Crippen LogP contribution in [0.15, 0.2) is 47.8 Å². The zero-order valence-electron chi connectivity index (χ0n) is 13.3. The summed E-state index contributed by atoms with van der Waals surface area (Å²) in [5.41, 5.74) is 1.74. The third-order valence-electron chi connectivity index (χ3n) is 5.17. The number of rotatable bonds is 6. The molecule has 3 atom stereocenters. The van der Waals surface area contributed by atoms with Crippen molar-refractivity contribution in [3.63, 3.8) is 0 Å². The Morgan fingerprint density at radius 3 is 2.48 bits per heavy atom. The summed E-state index contributed by atoms with van der Waals surface area (Å²) in [5.74, 6) is 1.61. The summed E-state index contributed by atoms with van der Waals surface area (Å²) in [5, 5.41) is 2.21. The lowest BCUT2D eigenvalue weighted by Crippen LogP contribution is -2.40. The minimum atomic E-state index is 0.211. The fraction of sp³-hybridized carbons (Fsp3) is 0.474. The van der Waals surface area contributed by atoms with Crippen LogP contribution in [0.2, 0.25) is 0 Å². The average Bonchev–Trinajstić information content (AvgIpc) is 3.04. The lowest BCUT2D eigenvalue weighted by Gasteiger charge is -2.39. The maximum absolute atomic E-state index is 2.44. The first kappa shape index (κ1) is 14.8. The zero-order chi connectivity index (χ0) is 14.9. The van der Waals surface area contributed by atoms with Crippen molar-refractivity contribution in [2.24, 2.45) is 5.92 Å². The molecule has 2 heteroatoms. The van der Waals surface area contributed by atoms with E-state index in [1.165, 1.54) is 29.7 Å². The molecule has 1 aromatic heterocycles. The Hall–Kier alpha value is -1.12. The summed E-state index contributed by atoms with van der Waals surface area (Å²) in [6.45, 7) is 2.33. The molecule has 3 rings (SSSR count). The topological polar surface area (TPSA) is 3.24 Å². The summed E-state index contributed by atoms with van der Waals surface area (Å²) < 4.78 is 0. The van der Waals surface area contributed by atoms with E-state index in [9.17, 15) is 0 Å². The molecule has 0 radical (unpaired) electrons. The SMILES string of the molecule is CCC(CC1CC1c1ccccc1)(c1cccs1)N(C)C. The van der Waals surface area contributed by atoms with E-state index >= 15 is 0 Å². The lowest BCUT2D eigenvalue weighted by atomic mass is 9.85. The highest BCUT2D eigenvalue weighted by Gasteiger charge is 2.45. The van der Waals surface area contributed by atoms with Gasteiger partial charge >= 0.3 is 0 Å². The molecule has 1 aliphatic rings. The molecule has 112 valence electrons. The van der Waals surface area contributed by atoms with E-state index in [2.05, 4.69) is 73.8 Å². The van der Waals surface area contributed by atoms with Gasteiger partial charge in [-0.15, -0.1) is 11.3 Å². The van der Waals surface area contributed by atoms with Gasteiger partial charge in [0.05, 0.1) is 5.54 Å². The number of nitrogens with zero attached hydrogens (tertiary/aromatic N) is 1. The van der Waals surface area contributed by atoms with Crippen LogP contribution in [0.5, 0.6) is 0 Å². The average molecular weight is 299 g/mol. The Kier molecular flexibility index (Phi) is 4.19. The van der Waals surface area contributed by atoms with Gasteiger partial charge in [0, 0.05) is 4.88 Å². The van der Waals surface area contributed by atoms with E-state index in [-0.39, 0.29) is 5.54 Å². The predicted octanol–water partition coefficient (Wildman–Crippen LogP) is 5.11. The summed E-state index contributed by atoms with van der Waals surface area (Å²) >= 11 is 1.91. The van der Waals surface area contributed by atoms with Crippen LogP contribution < -0.4 is 0 Å². The van der Waals surface area contributed by atoms with Crippen molar-refractivity contribution in [2.75, 3.05) is 14.1 Å².